The van der Waals surface area contributed by atoms with Crippen LogP contribution < -0.4 is 10.1 Å². The van der Waals surface area contributed by atoms with Crippen molar-refractivity contribution in [1.82, 2.24) is 4.98 Å². The van der Waals surface area contributed by atoms with E-state index in [0.29, 0.717) is 5.15 Å². The average molecular weight is 342 g/mol. The fraction of sp³-hybridized carbons (Fsp3) is 0.214. The normalized spacial score (nSPS) is 12.0. The summed E-state index contributed by atoms with van der Waals surface area (Å²) < 4.78 is 6.11. The summed E-state index contributed by atoms with van der Waals surface area (Å²) in [6.45, 7) is 2.06. The molecule has 0 aliphatic rings. The molecular formula is C14H14BrClN2O. The van der Waals surface area contributed by atoms with Crippen LogP contribution in [0.5, 0.6) is 5.75 Å². The lowest BCUT2D eigenvalue weighted by molar-refractivity contribution is 0.414. The molecule has 1 N–H and O–H groups in total. The molecule has 1 aromatic carbocycles. The smallest absolute Gasteiger partial charge is 0.152 e. The van der Waals surface area contributed by atoms with E-state index in [2.05, 4.69) is 33.2 Å². The van der Waals surface area contributed by atoms with Crippen molar-refractivity contribution in [2.75, 3.05) is 12.4 Å². The second-order valence-corrected chi connectivity index (χ2v) is 5.41. The number of nitrogens with zero attached hydrogens (tertiary/aromatic N) is 1. The molecule has 2 aromatic rings. The maximum atomic E-state index is 6.07. The average Bonchev–Trinajstić information content (AvgIpc) is 2.43. The lowest BCUT2D eigenvalue weighted by Gasteiger charge is -2.17. The molecule has 5 heteroatoms. The number of hydrogen-bond acceptors (Lipinski definition) is 3. The lowest BCUT2D eigenvalue weighted by Crippen LogP contribution is -2.07. The van der Waals surface area contributed by atoms with Crippen molar-refractivity contribution in [3.63, 3.8) is 0 Å². The first-order valence-corrected chi connectivity index (χ1v) is 6.99. The molecule has 0 radical (unpaired) electrons. The summed E-state index contributed by atoms with van der Waals surface area (Å²) in [5.41, 5.74) is 1.92. The fourth-order valence-electron chi connectivity index (χ4n) is 1.75. The molecule has 0 saturated heterocycles. The Labute approximate surface area is 126 Å². The van der Waals surface area contributed by atoms with Crippen LogP contribution in [0.1, 0.15) is 18.5 Å². The topological polar surface area (TPSA) is 34.1 Å². The lowest BCUT2D eigenvalue weighted by atomic mass is 10.1. The number of hydrogen-bond donors (Lipinski definition) is 1. The van der Waals surface area contributed by atoms with Crippen LogP contribution >= 0.6 is 27.5 Å². The van der Waals surface area contributed by atoms with E-state index >= 15 is 0 Å². The van der Waals surface area contributed by atoms with Gasteiger partial charge in [-0.15, -0.1) is 0 Å². The SMILES string of the molecule is COc1cccc(C(C)Nc2cc(Br)cnc2Cl)c1. The van der Waals surface area contributed by atoms with Crippen LogP contribution in [-0.4, -0.2) is 12.1 Å². The summed E-state index contributed by atoms with van der Waals surface area (Å²) in [5, 5.41) is 3.80. The standard InChI is InChI=1S/C14H14BrClN2O/c1-9(10-4-3-5-12(6-10)19-2)18-13-7-11(15)8-17-14(13)16/h3-9,18H,1-2H3. The van der Waals surface area contributed by atoms with Gasteiger partial charge in [0.2, 0.25) is 0 Å². The van der Waals surface area contributed by atoms with Crippen molar-refractivity contribution in [3.05, 3.63) is 51.7 Å². The second kappa shape index (κ2) is 6.26. The highest BCUT2D eigenvalue weighted by atomic mass is 79.9. The van der Waals surface area contributed by atoms with Crippen molar-refractivity contribution >= 4 is 33.2 Å². The van der Waals surface area contributed by atoms with Crippen LogP contribution in [0, 0.1) is 0 Å². The third kappa shape index (κ3) is 3.61. The highest BCUT2D eigenvalue weighted by molar-refractivity contribution is 9.10. The Morgan fingerprint density at radius 1 is 1.37 bits per heavy atom. The minimum atomic E-state index is 0.101. The van der Waals surface area contributed by atoms with E-state index in [-0.39, 0.29) is 6.04 Å². The Bertz CT molecular complexity index is 577. The molecule has 0 fully saturated rings. The third-order valence-electron chi connectivity index (χ3n) is 2.77. The van der Waals surface area contributed by atoms with Gasteiger partial charge < -0.3 is 10.1 Å². The fourth-order valence-corrected chi connectivity index (χ4v) is 2.24. The second-order valence-electron chi connectivity index (χ2n) is 4.13. The molecule has 0 aliphatic heterocycles. The maximum absolute atomic E-state index is 6.07. The van der Waals surface area contributed by atoms with E-state index in [1.165, 1.54) is 0 Å². The summed E-state index contributed by atoms with van der Waals surface area (Å²) in [7, 11) is 1.66. The van der Waals surface area contributed by atoms with Gasteiger partial charge in [-0.1, -0.05) is 23.7 Å². The number of halogens is 2. The molecule has 100 valence electrons. The molecule has 0 saturated carbocycles. The van der Waals surface area contributed by atoms with Crippen molar-refractivity contribution in [1.29, 1.82) is 0 Å². The summed E-state index contributed by atoms with van der Waals surface area (Å²) in [6, 6.07) is 9.93. The number of benzene rings is 1. The molecule has 2 rings (SSSR count). The van der Waals surface area contributed by atoms with Crippen LogP contribution in [0.2, 0.25) is 5.15 Å². The van der Waals surface area contributed by atoms with Gasteiger partial charge in [0.1, 0.15) is 5.75 Å². The third-order valence-corrected chi connectivity index (χ3v) is 3.51. The first-order valence-electron chi connectivity index (χ1n) is 5.81. The number of anilines is 1. The van der Waals surface area contributed by atoms with Crippen LogP contribution in [0.3, 0.4) is 0 Å². The minimum absolute atomic E-state index is 0.101. The Kier molecular flexibility index (Phi) is 4.66. The molecule has 1 aromatic heterocycles. The summed E-state index contributed by atoms with van der Waals surface area (Å²) in [5.74, 6) is 0.838. The van der Waals surface area contributed by atoms with Crippen molar-refractivity contribution in [2.24, 2.45) is 0 Å². The number of rotatable bonds is 4. The summed E-state index contributed by atoms with van der Waals surface area (Å²) in [6.07, 6.45) is 1.67. The van der Waals surface area contributed by atoms with Gasteiger partial charge in [0.05, 0.1) is 12.8 Å². The number of methoxy groups -OCH3 is 1. The molecule has 19 heavy (non-hydrogen) atoms. The van der Waals surface area contributed by atoms with Gasteiger partial charge in [-0.05, 0) is 46.6 Å². The first-order chi connectivity index (χ1) is 9.10. The number of ether oxygens (including phenoxy) is 1. The quantitative estimate of drug-likeness (QED) is 0.820. The van der Waals surface area contributed by atoms with Gasteiger partial charge in [0.25, 0.3) is 0 Å². The van der Waals surface area contributed by atoms with E-state index in [0.717, 1.165) is 21.5 Å². The summed E-state index contributed by atoms with van der Waals surface area (Å²) in [4.78, 5) is 4.09. The molecule has 1 unspecified atom stereocenters. The van der Waals surface area contributed by atoms with Crippen molar-refractivity contribution in [2.45, 2.75) is 13.0 Å². The zero-order chi connectivity index (χ0) is 13.8. The molecule has 0 amide bonds. The predicted octanol–water partition coefficient (Wildman–Crippen LogP) is 4.68. The van der Waals surface area contributed by atoms with E-state index in [1.807, 2.05) is 30.3 Å². The molecule has 1 heterocycles. The van der Waals surface area contributed by atoms with E-state index in [4.69, 9.17) is 16.3 Å². The maximum Gasteiger partial charge on any atom is 0.152 e. The predicted molar refractivity (Wildman–Crippen MR) is 82.0 cm³/mol. The highest BCUT2D eigenvalue weighted by Gasteiger charge is 2.09. The molecular weight excluding hydrogens is 328 g/mol. The van der Waals surface area contributed by atoms with Gasteiger partial charge in [-0.25, -0.2) is 4.98 Å². The number of nitrogens with one attached hydrogen (secondary N) is 1. The van der Waals surface area contributed by atoms with Gasteiger partial charge >= 0.3 is 0 Å². The molecule has 3 nitrogen and oxygen atoms in total. The number of aromatic nitrogens is 1. The Balaban J connectivity index is 2.20. The highest BCUT2D eigenvalue weighted by Crippen LogP contribution is 2.28. The van der Waals surface area contributed by atoms with E-state index < -0.39 is 0 Å². The molecule has 0 spiro atoms. The van der Waals surface area contributed by atoms with E-state index in [1.54, 1.807) is 13.3 Å². The number of pyridine rings is 1. The Hall–Kier alpha value is -1.26. The van der Waals surface area contributed by atoms with Gasteiger partial charge in [-0.2, -0.15) is 0 Å². The van der Waals surface area contributed by atoms with Gasteiger partial charge in [0.15, 0.2) is 5.15 Å². The van der Waals surface area contributed by atoms with Crippen molar-refractivity contribution in [3.8, 4) is 5.75 Å². The zero-order valence-electron chi connectivity index (χ0n) is 10.7. The van der Waals surface area contributed by atoms with Crippen LogP contribution in [0.4, 0.5) is 5.69 Å². The van der Waals surface area contributed by atoms with Gasteiger partial charge in [-0.3, -0.25) is 0 Å². The molecule has 0 bridgehead atoms. The summed E-state index contributed by atoms with van der Waals surface area (Å²) >= 11 is 9.45. The van der Waals surface area contributed by atoms with Crippen LogP contribution in [0.15, 0.2) is 41.0 Å². The van der Waals surface area contributed by atoms with Gasteiger partial charge in [0, 0.05) is 16.7 Å². The van der Waals surface area contributed by atoms with Crippen LogP contribution in [0.25, 0.3) is 0 Å². The molecule has 1 atom stereocenters. The largest absolute Gasteiger partial charge is 0.497 e. The molecule has 0 aliphatic carbocycles. The Morgan fingerprint density at radius 3 is 2.89 bits per heavy atom. The van der Waals surface area contributed by atoms with E-state index in [9.17, 15) is 0 Å². The Morgan fingerprint density at radius 2 is 2.16 bits per heavy atom. The van der Waals surface area contributed by atoms with Crippen molar-refractivity contribution < 1.29 is 4.74 Å². The minimum Gasteiger partial charge on any atom is -0.497 e. The first kappa shape index (κ1) is 14.2. The zero-order valence-corrected chi connectivity index (χ0v) is 13.0. The monoisotopic (exact) mass is 340 g/mol. The van der Waals surface area contributed by atoms with Crippen LogP contribution in [-0.2, 0) is 0 Å².